The number of anilines is 1. The minimum absolute atomic E-state index is 0.367. The summed E-state index contributed by atoms with van der Waals surface area (Å²) < 4.78 is 6.53. The van der Waals surface area contributed by atoms with Crippen molar-refractivity contribution in [3.8, 4) is 5.75 Å². The van der Waals surface area contributed by atoms with Crippen LogP contribution >= 0.6 is 15.9 Å². The number of ether oxygens (including phenoxy) is 1. The molecule has 0 unspecified atom stereocenters. The standard InChI is InChI=1S/C21H22BrNO3/c1-13(2)8-9-26-17-6-4-15(5-7-17)12-23-19-14(3)10-16(22)11-18(19)20(24)21(23)25/h4-7,10-11,13H,8-9,12H2,1-3H3. The molecule has 0 aliphatic carbocycles. The number of carbonyl (C=O) groups is 2. The van der Waals surface area contributed by atoms with E-state index in [2.05, 4.69) is 29.8 Å². The lowest BCUT2D eigenvalue weighted by Crippen LogP contribution is -2.29. The van der Waals surface area contributed by atoms with Crippen molar-refractivity contribution in [2.45, 2.75) is 33.7 Å². The van der Waals surface area contributed by atoms with Crippen molar-refractivity contribution in [1.82, 2.24) is 0 Å². The number of amides is 1. The topological polar surface area (TPSA) is 46.6 Å². The first-order valence-electron chi connectivity index (χ1n) is 8.75. The largest absolute Gasteiger partial charge is 0.494 e. The summed E-state index contributed by atoms with van der Waals surface area (Å²) in [5, 5.41) is 0. The first-order valence-corrected chi connectivity index (χ1v) is 9.54. The molecule has 0 radical (unpaired) electrons. The zero-order valence-electron chi connectivity index (χ0n) is 15.2. The molecule has 4 nitrogen and oxygen atoms in total. The molecule has 0 fully saturated rings. The molecule has 26 heavy (non-hydrogen) atoms. The van der Waals surface area contributed by atoms with Crippen LogP contribution in [0, 0.1) is 12.8 Å². The Kier molecular flexibility index (Phi) is 5.47. The molecule has 1 heterocycles. The highest BCUT2D eigenvalue weighted by atomic mass is 79.9. The quantitative estimate of drug-likeness (QED) is 0.629. The molecule has 3 rings (SSSR count). The molecule has 2 aromatic carbocycles. The van der Waals surface area contributed by atoms with Crippen LogP contribution in [-0.4, -0.2) is 18.3 Å². The average Bonchev–Trinajstić information content (AvgIpc) is 2.81. The third kappa shape index (κ3) is 3.83. The molecular weight excluding hydrogens is 394 g/mol. The molecule has 0 aromatic heterocycles. The van der Waals surface area contributed by atoms with Crippen molar-refractivity contribution in [3.05, 3.63) is 57.6 Å². The molecule has 0 bridgehead atoms. The van der Waals surface area contributed by atoms with Crippen molar-refractivity contribution in [1.29, 1.82) is 0 Å². The van der Waals surface area contributed by atoms with Gasteiger partial charge in [0, 0.05) is 4.47 Å². The Morgan fingerprint density at radius 3 is 2.46 bits per heavy atom. The van der Waals surface area contributed by atoms with Crippen molar-refractivity contribution < 1.29 is 14.3 Å². The highest BCUT2D eigenvalue weighted by Gasteiger charge is 2.37. The summed E-state index contributed by atoms with van der Waals surface area (Å²) in [6.07, 6.45) is 1.01. The highest BCUT2D eigenvalue weighted by Crippen LogP contribution is 2.36. The van der Waals surface area contributed by atoms with E-state index < -0.39 is 11.7 Å². The smallest absolute Gasteiger partial charge is 0.299 e. The van der Waals surface area contributed by atoms with Crippen LogP contribution < -0.4 is 9.64 Å². The molecule has 0 saturated carbocycles. The van der Waals surface area contributed by atoms with Gasteiger partial charge in [0.05, 0.1) is 24.4 Å². The van der Waals surface area contributed by atoms with Crippen LogP contribution in [0.1, 0.15) is 41.8 Å². The fourth-order valence-corrected chi connectivity index (χ4v) is 3.62. The molecule has 0 N–H and O–H groups in total. The number of hydrogen-bond acceptors (Lipinski definition) is 3. The first kappa shape index (κ1) is 18.6. The lowest BCUT2D eigenvalue weighted by Gasteiger charge is -2.19. The normalized spacial score (nSPS) is 13.5. The lowest BCUT2D eigenvalue weighted by atomic mass is 10.1. The molecule has 1 aliphatic rings. The van der Waals surface area contributed by atoms with Crippen molar-refractivity contribution in [3.63, 3.8) is 0 Å². The summed E-state index contributed by atoms with van der Waals surface area (Å²) in [4.78, 5) is 26.3. The molecule has 136 valence electrons. The van der Waals surface area contributed by atoms with E-state index >= 15 is 0 Å². The van der Waals surface area contributed by atoms with Gasteiger partial charge in [0.15, 0.2) is 0 Å². The van der Waals surface area contributed by atoms with Gasteiger partial charge < -0.3 is 9.64 Å². The van der Waals surface area contributed by atoms with Crippen molar-refractivity contribution in [2.24, 2.45) is 5.92 Å². The number of aryl methyl sites for hydroxylation is 1. The van der Waals surface area contributed by atoms with E-state index in [1.54, 1.807) is 11.0 Å². The Hall–Kier alpha value is -2.14. The molecule has 1 amide bonds. The number of ketones is 1. The van der Waals surface area contributed by atoms with Gasteiger partial charge in [-0.1, -0.05) is 41.9 Å². The predicted octanol–water partition coefficient (Wildman–Crippen LogP) is 4.91. The van der Waals surface area contributed by atoms with E-state index in [0.717, 1.165) is 27.8 Å². The Bertz CT molecular complexity index is 843. The van der Waals surface area contributed by atoms with E-state index in [1.807, 2.05) is 37.3 Å². The minimum Gasteiger partial charge on any atom is -0.494 e. The number of nitrogens with zero attached hydrogens (tertiary/aromatic N) is 1. The second kappa shape index (κ2) is 7.62. The summed E-state index contributed by atoms with van der Waals surface area (Å²) in [5.74, 6) is 0.506. The van der Waals surface area contributed by atoms with Crippen molar-refractivity contribution in [2.75, 3.05) is 11.5 Å². The number of benzene rings is 2. The maximum atomic E-state index is 12.4. The molecule has 1 aliphatic heterocycles. The average molecular weight is 416 g/mol. The number of hydrogen-bond donors (Lipinski definition) is 0. The number of fused-ring (bicyclic) bond motifs is 1. The third-order valence-corrected chi connectivity index (χ3v) is 4.91. The zero-order valence-corrected chi connectivity index (χ0v) is 16.8. The summed E-state index contributed by atoms with van der Waals surface area (Å²) in [6.45, 7) is 7.30. The Labute approximate surface area is 162 Å². The predicted molar refractivity (Wildman–Crippen MR) is 106 cm³/mol. The third-order valence-electron chi connectivity index (χ3n) is 4.45. The Balaban J connectivity index is 1.76. The van der Waals surface area contributed by atoms with Gasteiger partial charge in [0.1, 0.15) is 5.75 Å². The van der Waals surface area contributed by atoms with Gasteiger partial charge in [-0.2, -0.15) is 0 Å². The van der Waals surface area contributed by atoms with Crippen LogP contribution in [0.5, 0.6) is 5.75 Å². The van der Waals surface area contributed by atoms with Gasteiger partial charge >= 0.3 is 0 Å². The fraction of sp³-hybridized carbons (Fsp3) is 0.333. The van der Waals surface area contributed by atoms with Crippen LogP contribution in [0.25, 0.3) is 0 Å². The van der Waals surface area contributed by atoms with E-state index in [0.29, 0.717) is 30.3 Å². The summed E-state index contributed by atoms with van der Waals surface area (Å²) >= 11 is 3.39. The van der Waals surface area contributed by atoms with Gasteiger partial charge in [0.25, 0.3) is 11.7 Å². The number of carbonyl (C=O) groups excluding carboxylic acids is 2. The van der Waals surface area contributed by atoms with E-state index in [1.165, 1.54) is 0 Å². The second-order valence-electron chi connectivity index (χ2n) is 7.01. The van der Waals surface area contributed by atoms with Gasteiger partial charge in [-0.05, 0) is 54.7 Å². The van der Waals surface area contributed by atoms with Gasteiger partial charge in [-0.15, -0.1) is 0 Å². The van der Waals surface area contributed by atoms with E-state index in [4.69, 9.17) is 4.74 Å². The van der Waals surface area contributed by atoms with E-state index in [9.17, 15) is 9.59 Å². The SMILES string of the molecule is Cc1cc(Br)cc2c1N(Cc1ccc(OCCC(C)C)cc1)C(=O)C2=O. The molecular formula is C21H22BrNO3. The maximum Gasteiger partial charge on any atom is 0.299 e. The molecule has 0 spiro atoms. The molecule has 5 heteroatoms. The molecule has 2 aromatic rings. The zero-order chi connectivity index (χ0) is 18.8. The van der Waals surface area contributed by atoms with Crippen LogP contribution in [-0.2, 0) is 11.3 Å². The Morgan fingerprint density at radius 1 is 1.12 bits per heavy atom. The summed E-state index contributed by atoms with van der Waals surface area (Å²) in [6, 6.07) is 11.3. The number of halogens is 1. The molecule has 0 saturated heterocycles. The van der Waals surface area contributed by atoms with Crippen molar-refractivity contribution >= 4 is 33.3 Å². The summed E-state index contributed by atoms with van der Waals surface area (Å²) in [7, 11) is 0. The highest BCUT2D eigenvalue weighted by molar-refractivity contribution is 9.10. The first-order chi connectivity index (χ1) is 12.4. The fourth-order valence-electron chi connectivity index (χ4n) is 3.04. The van der Waals surface area contributed by atoms with Crippen LogP contribution in [0.4, 0.5) is 5.69 Å². The van der Waals surface area contributed by atoms with E-state index in [-0.39, 0.29) is 0 Å². The lowest BCUT2D eigenvalue weighted by molar-refractivity contribution is -0.114. The summed E-state index contributed by atoms with van der Waals surface area (Å²) in [5.41, 5.74) is 3.04. The van der Waals surface area contributed by atoms with Crippen LogP contribution in [0.3, 0.4) is 0 Å². The minimum atomic E-state index is -0.474. The number of Topliss-reactive ketones (excluding diaryl/α,β-unsaturated/α-hetero) is 1. The van der Waals surface area contributed by atoms with Gasteiger partial charge in [-0.3, -0.25) is 9.59 Å². The maximum absolute atomic E-state index is 12.4. The molecule has 0 atom stereocenters. The Morgan fingerprint density at radius 2 is 1.81 bits per heavy atom. The van der Waals surface area contributed by atoms with Gasteiger partial charge in [-0.25, -0.2) is 0 Å². The second-order valence-corrected chi connectivity index (χ2v) is 7.93. The number of rotatable bonds is 6. The van der Waals surface area contributed by atoms with Crippen LogP contribution in [0.15, 0.2) is 40.9 Å². The monoisotopic (exact) mass is 415 g/mol. The van der Waals surface area contributed by atoms with Crippen LogP contribution in [0.2, 0.25) is 0 Å². The van der Waals surface area contributed by atoms with Gasteiger partial charge in [0.2, 0.25) is 0 Å².